The van der Waals surface area contributed by atoms with Gasteiger partial charge in [0.2, 0.25) is 0 Å². The normalized spacial score (nSPS) is 16.8. The summed E-state index contributed by atoms with van der Waals surface area (Å²) in [5, 5.41) is 2.52. The second kappa shape index (κ2) is 5.12. The summed E-state index contributed by atoms with van der Waals surface area (Å²) in [5.41, 5.74) is 1.13. The molecule has 0 unspecified atom stereocenters. The van der Waals surface area contributed by atoms with Crippen molar-refractivity contribution in [2.24, 2.45) is 0 Å². The van der Waals surface area contributed by atoms with E-state index in [0.29, 0.717) is 5.02 Å². The van der Waals surface area contributed by atoms with E-state index in [1.54, 1.807) is 6.07 Å². The quantitative estimate of drug-likeness (QED) is 0.825. The Morgan fingerprint density at radius 2 is 1.83 bits per heavy atom. The van der Waals surface area contributed by atoms with Crippen LogP contribution < -0.4 is 0 Å². The molecule has 96 valence electrons. The van der Waals surface area contributed by atoms with Crippen LogP contribution in [0.1, 0.15) is 12.8 Å². The molecule has 1 aliphatic rings. The molecule has 1 aromatic heterocycles. The number of nitrogens with zero attached hydrogens (tertiary/aromatic N) is 2. The van der Waals surface area contributed by atoms with Gasteiger partial charge in [0.25, 0.3) is 0 Å². The first-order chi connectivity index (χ1) is 8.74. The lowest BCUT2D eigenvalue weighted by Crippen LogP contribution is -2.23. The fourth-order valence-corrected chi connectivity index (χ4v) is 3.21. The molecule has 0 N–H and O–H groups in total. The van der Waals surface area contributed by atoms with Crippen LogP contribution in [0.2, 0.25) is 10.0 Å². The molecule has 1 aliphatic heterocycles. The predicted molar refractivity (Wildman–Crippen MR) is 77.6 cm³/mol. The maximum Gasteiger partial charge on any atom is 0.0514 e. The molecular weight excluding hydrogens is 267 g/mol. The summed E-state index contributed by atoms with van der Waals surface area (Å²) in [6.45, 7) is 4.58. The van der Waals surface area contributed by atoms with Gasteiger partial charge in [-0.2, -0.15) is 0 Å². The molecule has 0 radical (unpaired) electrons. The Labute approximate surface area is 117 Å². The summed E-state index contributed by atoms with van der Waals surface area (Å²) in [6, 6.07) is 5.86. The molecule has 1 aromatic carbocycles. The van der Waals surface area contributed by atoms with Crippen LogP contribution in [0.15, 0.2) is 24.4 Å². The maximum absolute atomic E-state index is 6.19. The van der Waals surface area contributed by atoms with Crippen LogP contribution in [-0.2, 0) is 6.54 Å². The van der Waals surface area contributed by atoms with E-state index in [1.165, 1.54) is 25.9 Å². The third-order valence-electron chi connectivity index (χ3n) is 3.66. The van der Waals surface area contributed by atoms with Crippen molar-refractivity contribution in [3.63, 3.8) is 0 Å². The minimum Gasteiger partial charge on any atom is -0.346 e. The van der Waals surface area contributed by atoms with Crippen LogP contribution in [0, 0.1) is 0 Å². The van der Waals surface area contributed by atoms with Gasteiger partial charge in [0.15, 0.2) is 0 Å². The van der Waals surface area contributed by atoms with Gasteiger partial charge >= 0.3 is 0 Å². The zero-order valence-corrected chi connectivity index (χ0v) is 11.7. The van der Waals surface area contributed by atoms with Crippen LogP contribution in [-0.4, -0.2) is 29.1 Å². The number of halogens is 2. The number of rotatable bonds is 3. The first-order valence-corrected chi connectivity index (χ1v) is 7.16. The smallest absolute Gasteiger partial charge is 0.0514 e. The SMILES string of the molecule is Clc1cc(Cl)c2ccn(CCN3CCCC3)c2c1. The highest BCUT2D eigenvalue weighted by Gasteiger charge is 2.12. The third kappa shape index (κ3) is 2.37. The van der Waals surface area contributed by atoms with Crippen LogP contribution in [0.5, 0.6) is 0 Å². The van der Waals surface area contributed by atoms with Crippen molar-refractivity contribution in [2.75, 3.05) is 19.6 Å². The summed E-state index contributed by atoms with van der Waals surface area (Å²) < 4.78 is 2.24. The topological polar surface area (TPSA) is 8.17 Å². The van der Waals surface area contributed by atoms with Gasteiger partial charge < -0.3 is 9.47 Å². The standard InChI is InChI=1S/C14H16Cl2N2/c15-11-9-13(16)12-3-6-18(14(12)10-11)8-7-17-4-1-2-5-17/h3,6,9-10H,1-2,4-5,7-8H2. The summed E-state index contributed by atoms with van der Waals surface area (Å²) in [5.74, 6) is 0. The Morgan fingerprint density at radius 1 is 1.06 bits per heavy atom. The van der Waals surface area contributed by atoms with E-state index in [9.17, 15) is 0 Å². The molecular formula is C14H16Cl2N2. The van der Waals surface area contributed by atoms with Crippen LogP contribution in [0.3, 0.4) is 0 Å². The number of benzene rings is 1. The molecule has 18 heavy (non-hydrogen) atoms. The van der Waals surface area contributed by atoms with E-state index in [-0.39, 0.29) is 0 Å². The minimum atomic E-state index is 0.702. The molecule has 2 aromatic rings. The lowest BCUT2D eigenvalue weighted by atomic mass is 10.2. The van der Waals surface area contributed by atoms with Crippen LogP contribution in [0.4, 0.5) is 0 Å². The van der Waals surface area contributed by atoms with Crippen molar-refractivity contribution in [1.29, 1.82) is 0 Å². The van der Waals surface area contributed by atoms with Crippen molar-refractivity contribution >= 4 is 34.1 Å². The molecule has 0 atom stereocenters. The first kappa shape index (κ1) is 12.3. The molecule has 2 heterocycles. The van der Waals surface area contributed by atoms with E-state index >= 15 is 0 Å². The maximum atomic E-state index is 6.19. The highest BCUT2D eigenvalue weighted by atomic mass is 35.5. The Morgan fingerprint density at radius 3 is 2.61 bits per heavy atom. The van der Waals surface area contributed by atoms with E-state index in [1.807, 2.05) is 6.07 Å². The highest BCUT2D eigenvalue weighted by Crippen LogP contribution is 2.28. The fraction of sp³-hybridized carbons (Fsp3) is 0.429. The van der Waals surface area contributed by atoms with E-state index in [2.05, 4.69) is 21.7 Å². The van der Waals surface area contributed by atoms with E-state index in [4.69, 9.17) is 23.2 Å². The Kier molecular flexibility index (Phi) is 3.51. The molecule has 0 aliphatic carbocycles. The average molecular weight is 283 g/mol. The zero-order chi connectivity index (χ0) is 12.5. The molecule has 0 saturated carbocycles. The van der Waals surface area contributed by atoms with Crippen molar-refractivity contribution < 1.29 is 0 Å². The third-order valence-corrected chi connectivity index (χ3v) is 4.19. The summed E-state index contributed by atoms with van der Waals surface area (Å²) in [4.78, 5) is 2.51. The van der Waals surface area contributed by atoms with Gasteiger partial charge in [-0.05, 0) is 44.1 Å². The monoisotopic (exact) mass is 282 g/mol. The fourth-order valence-electron chi connectivity index (χ4n) is 2.67. The zero-order valence-electron chi connectivity index (χ0n) is 10.2. The van der Waals surface area contributed by atoms with Crippen molar-refractivity contribution in [3.8, 4) is 0 Å². The first-order valence-electron chi connectivity index (χ1n) is 6.40. The van der Waals surface area contributed by atoms with Gasteiger partial charge in [-0.3, -0.25) is 0 Å². The van der Waals surface area contributed by atoms with Crippen molar-refractivity contribution in [2.45, 2.75) is 19.4 Å². The second-order valence-corrected chi connectivity index (χ2v) is 5.72. The second-order valence-electron chi connectivity index (χ2n) is 4.88. The van der Waals surface area contributed by atoms with E-state index < -0.39 is 0 Å². The number of hydrogen-bond acceptors (Lipinski definition) is 1. The van der Waals surface area contributed by atoms with Gasteiger partial charge in [-0.25, -0.2) is 0 Å². The summed E-state index contributed by atoms with van der Waals surface area (Å²) in [7, 11) is 0. The Hall–Kier alpha value is -0.700. The number of aromatic nitrogens is 1. The largest absolute Gasteiger partial charge is 0.346 e. The lowest BCUT2D eigenvalue weighted by molar-refractivity contribution is 0.324. The Bertz CT molecular complexity index is 556. The lowest BCUT2D eigenvalue weighted by Gasteiger charge is -2.15. The van der Waals surface area contributed by atoms with Gasteiger partial charge in [-0.15, -0.1) is 0 Å². The molecule has 0 spiro atoms. The molecule has 1 saturated heterocycles. The molecule has 0 bridgehead atoms. The van der Waals surface area contributed by atoms with Crippen molar-refractivity contribution in [1.82, 2.24) is 9.47 Å². The van der Waals surface area contributed by atoms with Gasteiger partial charge in [0, 0.05) is 29.7 Å². The molecule has 2 nitrogen and oxygen atoms in total. The van der Waals surface area contributed by atoms with Crippen LogP contribution >= 0.6 is 23.2 Å². The number of likely N-dealkylation sites (tertiary alicyclic amines) is 1. The number of fused-ring (bicyclic) bond motifs is 1. The minimum absolute atomic E-state index is 0.702. The van der Waals surface area contributed by atoms with Gasteiger partial charge in [0.05, 0.1) is 10.5 Å². The number of hydrogen-bond donors (Lipinski definition) is 0. The summed E-state index contributed by atoms with van der Waals surface area (Å²) >= 11 is 12.3. The molecule has 4 heteroatoms. The van der Waals surface area contributed by atoms with Crippen molar-refractivity contribution in [3.05, 3.63) is 34.4 Å². The highest BCUT2D eigenvalue weighted by molar-refractivity contribution is 6.38. The van der Waals surface area contributed by atoms with E-state index in [0.717, 1.165) is 29.0 Å². The average Bonchev–Trinajstić information content (AvgIpc) is 2.94. The predicted octanol–water partition coefficient (Wildman–Crippen LogP) is 4.04. The van der Waals surface area contributed by atoms with Crippen LogP contribution in [0.25, 0.3) is 10.9 Å². The summed E-state index contributed by atoms with van der Waals surface area (Å²) in [6.07, 6.45) is 4.77. The van der Waals surface area contributed by atoms with Gasteiger partial charge in [0.1, 0.15) is 0 Å². The molecule has 0 amide bonds. The molecule has 3 rings (SSSR count). The molecule has 1 fully saturated rings. The van der Waals surface area contributed by atoms with Gasteiger partial charge in [-0.1, -0.05) is 23.2 Å². The Balaban J connectivity index is 1.83.